The molecular weight excluding hydrogens is 348 g/mol. The van der Waals surface area contributed by atoms with Gasteiger partial charge in [0.25, 0.3) is 0 Å². The van der Waals surface area contributed by atoms with Crippen molar-refractivity contribution in [1.82, 2.24) is 9.80 Å². The molecule has 5 nitrogen and oxygen atoms in total. The van der Waals surface area contributed by atoms with Crippen molar-refractivity contribution in [3.63, 3.8) is 0 Å². The number of amides is 1. The lowest BCUT2D eigenvalue weighted by molar-refractivity contribution is -0.120. The van der Waals surface area contributed by atoms with Crippen LogP contribution >= 0.6 is 0 Å². The quantitative estimate of drug-likeness (QED) is 0.745. The number of benzene rings is 2. The molecule has 0 radical (unpaired) electrons. The number of carbonyl (C=O) groups excluding carboxylic acids is 1. The van der Waals surface area contributed by atoms with Crippen molar-refractivity contribution >= 4 is 11.6 Å². The van der Waals surface area contributed by atoms with Gasteiger partial charge >= 0.3 is 0 Å². The minimum Gasteiger partial charge on any atom is -0.310 e. The number of nitrogens with zero attached hydrogens (tertiary/aromatic N) is 4. The molecule has 0 unspecified atom stereocenters. The Kier molecular flexibility index (Phi) is 7.18. The second-order valence-corrected chi connectivity index (χ2v) is 7.27. The zero-order valence-electron chi connectivity index (χ0n) is 16.6. The number of aryl methyl sites for hydroxylation is 1. The number of para-hydroxylation sites is 1. The van der Waals surface area contributed by atoms with Crippen LogP contribution in [-0.4, -0.2) is 55.0 Å². The third-order valence-corrected chi connectivity index (χ3v) is 5.30. The molecule has 0 aliphatic carbocycles. The fraction of sp³-hybridized carbons (Fsp3) is 0.391. The summed E-state index contributed by atoms with van der Waals surface area (Å²) in [6.45, 7) is 7.66. The van der Waals surface area contributed by atoms with Gasteiger partial charge in [-0.2, -0.15) is 5.26 Å². The molecule has 2 aromatic rings. The van der Waals surface area contributed by atoms with E-state index < -0.39 is 0 Å². The first-order valence-corrected chi connectivity index (χ1v) is 9.89. The summed E-state index contributed by atoms with van der Waals surface area (Å²) in [6, 6.07) is 20.3. The van der Waals surface area contributed by atoms with E-state index in [0.29, 0.717) is 19.5 Å². The van der Waals surface area contributed by atoms with Crippen molar-refractivity contribution in [1.29, 1.82) is 5.26 Å². The summed E-state index contributed by atoms with van der Waals surface area (Å²) < 4.78 is 0. The highest BCUT2D eigenvalue weighted by Gasteiger charge is 2.22. The molecule has 1 aliphatic heterocycles. The largest absolute Gasteiger partial charge is 0.310 e. The summed E-state index contributed by atoms with van der Waals surface area (Å²) in [5.41, 5.74) is 3.57. The molecule has 1 amide bonds. The standard InChI is InChI=1S/C23H28N4O/c1-20-8-5-6-9-21(20)18-25-14-16-26(17-15-25)19-23(28)27(13-7-12-24)22-10-3-2-4-11-22/h2-6,8-11H,7,13-19H2,1H3. The molecular formula is C23H28N4O. The van der Waals surface area contributed by atoms with Crippen LogP contribution in [0.5, 0.6) is 0 Å². The second-order valence-electron chi connectivity index (χ2n) is 7.27. The Bertz CT molecular complexity index is 807. The Hall–Kier alpha value is -2.68. The predicted octanol–water partition coefficient (Wildman–Crippen LogP) is 3.06. The molecule has 2 aromatic carbocycles. The fourth-order valence-corrected chi connectivity index (χ4v) is 3.58. The van der Waals surface area contributed by atoms with Crippen LogP contribution in [-0.2, 0) is 11.3 Å². The minimum atomic E-state index is 0.0637. The molecule has 0 spiro atoms. The number of rotatable bonds is 7. The maximum absolute atomic E-state index is 12.9. The lowest BCUT2D eigenvalue weighted by atomic mass is 10.1. The lowest BCUT2D eigenvalue weighted by Gasteiger charge is -2.35. The Morgan fingerprint density at radius 3 is 2.32 bits per heavy atom. The highest BCUT2D eigenvalue weighted by molar-refractivity contribution is 5.94. The van der Waals surface area contributed by atoms with Crippen molar-refractivity contribution < 1.29 is 4.79 Å². The van der Waals surface area contributed by atoms with Gasteiger partial charge in [0.2, 0.25) is 5.91 Å². The summed E-state index contributed by atoms with van der Waals surface area (Å²) in [5, 5.41) is 8.93. The van der Waals surface area contributed by atoms with Gasteiger partial charge in [0.15, 0.2) is 0 Å². The SMILES string of the molecule is Cc1ccccc1CN1CCN(CC(=O)N(CCC#N)c2ccccc2)CC1. The van der Waals surface area contributed by atoms with Crippen LogP contribution in [0.4, 0.5) is 5.69 Å². The lowest BCUT2D eigenvalue weighted by Crippen LogP contribution is -2.50. The third kappa shape index (κ3) is 5.41. The molecule has 0 saturated carbocycles. The van der Waals surface area contributed by atoms with E-state index in [1.807, 2.05) is 30.3 Å². The van der Waals surface area contributed by atoms with Gasteiger partial charge in [0, 0.05) is 45.0 Å². The fourth-order valence-electron chi connectivity index (χ4n) is 3.58. The van der Waals surface area contributed by atoms with E-state index in [-0.39, 0.29) is 5.91 Å². The molecule has 0 aromatic heterocycles. The summed E-state index contributed by atoms with van der Waals surface area (Å²) in [7, 11) is 0. The molecule has 3 rings (SSSR count). The van der Waals surface area contributed by atoms with Crippen LogP contribution in [0.1, 0.15) is 17.5 Å². The molecule has 1 fully saturated rings. The number of hydrogen-bond acceptors (Lipinski definition) is 4. The van der Waals surface area contributed by atoms with E-state index in [9.17, 15) is 4.79 Å². The number of nitriles is 1. The molecule has 28 heavy (non-hydrogen) atoms. The average molecular weight is 377 g/mol. The van der Waals surface area contributed by atoms with Crippen molar-refractivity contribution in [3.8, 4) is 6.07 Å². The predicted molar refractivity (Wildman–Crippen MR) is 112 cm³/mol. The van der Waals surface area contributed by atoms with Crippen LogP contribution in [0, 0.1) is 18.3 Å². The van der Waals surface area contributed by atoms with Crippen molar-refractivity contribution in [2.24, 2.45) is 0 Å². The van der Waals surface area contributed by atoms with Crippen LogP contribution in [0.2, 0.25) is 0 Å². The Morgan fingerprint density at radius 2 is 1.64 bits per heavy atom. The van der Waals surface area contributed by atoms with Gasteiger partial charge in [-0.15, -0.1) is 0 Å². The number of piperazine rings is 1. The van der Waals surface area contributed by atoms with Crippen LogP contribution in [0.3, 0.4) is 0 Å². The maximum atomic E-state index is 12.9. The van der Waals surface area contributed by atoms with E-state index in [1.165, 1.54) is 11.1 Å². The molecule has 0 atom stereocenters. The van der Waals surface area contributed by atoms with Crippen LogP contribution in [0.15, 0.2) is 54.6 Å². The highest BCUT2D eigenvalue weighted by Crippen LogP contribution is 2.16. The van der Waals surface area contributed by atoms with Crippen LogP contribution < -0.4 is 4.90 Å². The molecule has 5 heteroatoms. The second kappa shape index (κ2) is 10.0. The van der Waals surface area contributed by atoms with E-state index in [2.05, 4.69) is 47.1 Å². The van der Waals surface area contributed by atoms with E-state index in [4.69, 9.17) is 5.26 Å². The molecule has 146 valence electrons. The van der Waals surface area contributed by atoms with E-state index in [1.54, 1.807) is 4.90 Å². The first-order valence-electron chi connectivity index (χ1n) is 9.89. The summed E-state index contributed by atoms with van der Waals surface area (Å²) in [5.74, 6) is 0.0637. The average Bonchev–Trinajstić information content (AvgIpc) is 2.72. The minimum absolute atomic E-state index is 0.0637. The summed E-state index contributed by atoms with van der Waals surface area (Å²) in [4.78, 5) is 19.3. The smallest absolute Gasteiger partial charge is 0.241 e. The summed E-state index contributed by atoms with van der Waals surface area (Å²) >= 11 is 0. The highest BCUT2D eigenvalue weighted by atomic mass is 16.2. The summed E-state index contributed by atoms with van der Waals surface area (Å²) in [6.07, 6.45) is 0.338. The monoisotopic (exact) mass is 376 g/mol. The van der Waals surface area contributed by atoms with E-state index in [0.717, 1.165) is 38.4 Å². The van der Waals surface area contributed by atoms with Gasteiger partial charge in [-0.25, -0.2) is 0 Å². The van der Waals surface area contributed by atoms with Crippen molar-refractivity contribution in [2.75, 3.05) is 44.2 Å². The Morgan fingerprint density at radius 1 is 1.00 bits per heavy atom. The van der Waals surface area contributed by atoms with Gasteiger partial charge < -0.3 is 4.90 Å². The molecule has 1 heterocycles. The molecule has 0 bridgehead atoms. The first kappa shape index (κ1) is 20.1. The number of anilines is 1. The van der Waals surface area contributed by atoms with Gasteiger partial charge in [-0.05, 0) is 30.2 Å². The van der Waals surface area contributed by atoms with E-state index >= 15 is 0 Å². The molecule has 1 saturated heterocycles. The number of hydrogen-bond donors (Lipinski definition) is 0. The van der Waals surface area contributed by atoms with Crippen molar-refractivity contribution in [2.45, 2.75) is 19.9 Å². The zero-order chi connectivity index (χ0) is 19.8. The normalized spacial score (nSPS) is 15.1. The van der Waals surface area contributed by atoms with Gasteiger partial charge in [-0.3, -0.25) is 14.6 Å². The Labute approximate surface area is 167 Å². The van der Waals surface area contributed by atoms with Gasteiger partial charge in [0.05, 0.1) is 19.0 Å². The maximum Gasteiger partial charge on any atom is 0.241 e. The van der Waals surface area contributed by atoms with Crippen molar-refractivity contribution in [3.05, 3.63) is 65.7 Å². The molecule has 1 aliphatic rings. The topological polar surface area (TPSA) is 50.6 Å². The first-order chi connectivity index (χ1) is 13.7. The van der Waals surface area contributed by atoms with Gasteiger partial charge in [0.1, 0.15) is 0 Å². The molecule has 0 N–H and O–H groups in total. The third-order valence-electron chi connectivity index (χ3n) is 5.30. The van der Waals surface area contributed by atoms with Gasteiger partial charge in [-0.1, -0.05) is 42.5 Å². The number of carbonyl (C=O) groups is 1. The van der Waals surface area contributed by atoms with Crippen LogP contribution in [0.25, 0.3) is 0 Å². The zero-order valence-corrected chi connectivity index (χ0v) is 16.6. The Balaban J connectivity index is 1.53.